The molecule has 7 nitrogen and oxygen atoms in total. The van der Waals surface area contributed by atoms with Gasteiger partial charge in [-0.2, -0.15) is 0 Å². The summed E-state index contributed by atoms with van der Waals surface area (Å²) in [7, 11) is 1.42. The average Bonchev–Trinajstić information content (AvgIpc) is 2.54. The molecule has 0 aliphatic carbocycles. The first kappa shape index (κ1) is 17.2. The van der Waals surface area contributed by atoms with Gasteiger partial charge in [-0.25, -0.2) is 9.18 Å². The molecule has 0 aliphatic heterocycles. The van der Waals surface area contributed by atoms with Gasteiger partial charge in [-0.1, -0.05) is 0 Å². The van der Waals surface area contributed by atoms with E-state index in [1.54, 1.807) is 13.0 Å². The van der Waals surface area contributed by atoms with Crippen molar-refractivity contribution in [2.24, 2.45) is 0 Å². The van der Waals surface area contributed by atoms with Gasteiger partial charge in [0.2, 0.25) is 0 Å². The fraction of sp³-hybridized carbons (Fsp3) is 0.188. The monoisotopic (exact) mass is 334 g/mol. The molecule has 0 fully saturated rings. The number of carbonyl (C=O) groups excluding carboxylic acids is 1. The van der Waals surface area contributed by atoms with Crippen LogP contribution in [-0.4, -0.2) is 18.1 Å². The molecule has 0 bridgehead atoms. The molecule has 0 saturated carbocycles. The zero-order valence-electron chi connectivity index (χ0n) is 13.0. The highest BCUT2D eigenvalue weighted by Crippen LogP contribution is 2.22. The Morgan fingerprint density at radius 3 is 2.46 bits per heavy atom. The number of nitrogens with one attached hydrogen (secondary N) is 1. The topological polar surface area (TPSA) is 90.7 Å². The third-order valence-electron chi connectivity index (χ3n) is 3.22. The Kier molecular flexibility index (Phi) is 5.31. The van der Waals surface area contributed by atoms with Crippen LogP contribution in [0.5, 0.6) is 11.5 Å². The third kappa shape index (κ3) is 4.42. The average molecular weight is 334 g/mol. The van der Waals surface area contributed by atoms with Crippen molar-refractivity contribution in [2.75, 3.05) is 7.11 Å². The van der Waals surface area contributed by atoms with E-state index in [1.807, 2.05) is 0 Å². The minimum Gasteiger partial charge on any atom is -0.497 e. The van der Waals surface area contributed by atoms with E-state index in [2.05, 4.69) is 5.32 Å². The minimum absolute atomic E-state index is 0.108. The van der Waals surface area contributed by atoms with Crippen LogP contribution in [0.1, 0.15) is 18.5 Å². The summed E-state index contributed by atoms with van der Waals surface area (Å²) in [4.78, 5) is 21.9. The number of halogens is 1. The van der Waals surface area contributed by atoms with Gasteiger partial charge < -0.3 is 14.8 Å². The summed E-state index contributed by atoms with van der Waals surface area (Å²) >= 11 is 0. The van der Waals surface area contributed by atoms with Gasteiger partial charge in [0.1, 0.15) is 17.3 Å². The predicted molar refractivity (Wildman–Crippen MR) is 83.6 cm³/mol. The van der Waals surface area contributed by atoms with Gasteiger partial charge in [-0.05, 0) is 36.8 Å². The SMILES string of the molecule is COc1cc(F)cc(C(C)NC(=O)Oc2ccc([N+](=O)[O-])cc2)c1. The molecule has 1 N–H and O–H groups in total. The van der Waals surface area contributed by atoms with Crippen LogP contribution < -0.4 is 14.8 Å². The van der Waals surface area contributed by atoms with Gasteiger partial charge in [0.25, 0.3) is 5.69 Å². The molecule has 2 aromatic carbocycles. The minimum atomic E-state index is -0.764. The van der Waals surface area contributed by atoms with Gasteiger partial charge >= 0.3 is 6.09 Å². The number of nitrogens with zero attached hydrogens (tertiary/aromatic N) is 1. The van der Waals surface area contributed by atoms with Gasteiger partial charge in [0, 0.05) is 18.2 Å². The number of carbonyl (C=O) groups is 1. The van der Waals surface area contributed by atoms with Crippen LogP contribution in [0.25, 0.3) is 0 Å². The molecule has 24 heavy (non-hydrogen) atoms. The number of methoxy groups -OCH3 is 1. The maximum atomic E-state index is 13.5. The molecular formula is C16H15FN2O5. The summed E-state index contributed by atoms with van der Waals surface area (Å²) in [5.74, 6) is 0.00578. The lowest BCUT2D eigenvalue weighted by Crippen LogP contribution is -2.29. The summed E-state index contributed by atoms with van der Waals surface area (Å²) in [5.41, 5.74) is 0.399. The zero-order chi connectivity index (χ0) is 17.7. The van der Waals surface area contributed by atoms with Crippen molar-refractivity contribution in [3.8, 4) is 11.5 Å². The van der Waals surface area contributed by atoms with Gasteiger partial charge in [-0.3, -0.25) is 10.1 Å². The van der Waals surface area contributed by atoms with Crippen molar-refractivity contribution >= 4 is 11.8 Å². The lowest BCUT2D eigenvalue weighted by Gasteiger charge is -2.15. The lowest BCUT2D eigenvalue weighted by molar-refractivity contribution is -0.384. The predicted octanol–water partition coefficient (Wildman–Crippen LogP) is 3.59. The van der Waals surface area contributed by atoms with Crippen LogP contribution in [0.4, 0.5) is 14.9 Å². The molecule has 2 rings (SSSR count). The normalized spacial score (nSPS) is 11.5. The highest BCUT2D eigenvalue weighted by molar-refractivity contribution is 5.71. The van der Waals surface area contributed by atoms with Crippen LogP contribution in [0.3, 0.4) is 0 Å². The molecule has 0 radical (unpaired) electrons. The number of hydrogen-bond acceptors (Lipinski definition) is 5. The highest BCUT2D eigenvalue weighted by atomic mass is 19.1. The molecule has 2 aromatic rings. The van der Waals surface area contributed by atoms with E-state index in [0.29, 0.717) is 11.3 Å². The lowest BCUT2D eigenvalue weighted by atomic mass is 10.1. The van der Waals surface area contributed by atoms with E-state index in [9.17, 15) is 19.3 Å². The van der Waals surface area contributed by atoms with Crippen molar-refractivity contribution in [2.45, 2.75) is 13.0 Å². The number of rotatable bonds is 5. The Morgan fingerprint density at radius 2 is 1.88 bits per heavy atom. The van der Waals surface area contributed by atoms with Crippen molar-refractivity contribution in [1.82, 2.24) is 5.32 Å². The summed E-state index contributed by atoms with van der Waals surface area (Å²) in [5, 5.41) is 13.1. The van der Waals surface area contributed by atoms with Crippen molar-refractivity contribution < 1.29 is 23.6 Å². The quantitative estimate of drug-likeness (QED) is 0.666. The molecule has 0 saturated heterocycles. The number of non-ortho nitro benzene ring substituents is 1. The molecule has 0 spiro atoms. The number of hydrogen-bond donors (Lipinski definition) is 1. The first-order valence-electron chi connectivity index (χ1n) is 6.96. The van der Waals surface area contributed by atoms with E-state index in [-0.39, 0.29) is 11.4 Å². The largest absolute Gasteiger partial charge is 0.497 e. The molecule has 1 unspecified atom stereocenters. The van der Waals surface area contributed by atoms with E-state index < -0.39 is 22.9 Å². The zero-order valence-corrected chi connectivity index (χ0v) is 13.0. The van der Waals surface area contributed by atoms with Crippen LogP contribution in [0.15, 0.2) is 42.5 Å². The van der Waals surface area contributed by atoms with Crippen LogP contribution >= 0.6 is 0 Å². The maximum absolute atomic E-state index is 13.5. The Bertz CT molecular complexity index is 749. The van der Waals surface area contributed by atoms with Gasteiger partial charge in [0.15, 0.2) is 0 Å². The Balaban J connectivity index is 2.01. The first-order chi connectivity index (χ1) is 11.4. The summed E-state index contributed by atoms with van der Waals surface area (Å²) in [6, 6.07) is 8.65. The highest BCUT2D eigenvalue weighted by Gasteiger charge is 2.14. The smallest absolute Gasteiger partial charge is 0.413 e. The molecule has 8 heteroatoms. The van der Waals surface area contributed by atoms with Gasteiger partial charge in [0.05, 0.1) is 18.1 Å². The van der Waals surface area contributed by atoms with E-state index in [1.165, 1.54) is 43.5 Å². The molecule has 0 aromatic heterocycles. The number of nitro groups is 1. The number of amides is 1. The van der Waals surface area contributed by atoms with E-state index in [0.717, 1.165) is 0 Å². The Morgan fingerprint density at radius 1 is 1.21 bits per heavy atom. The fourth-order valence-electron chi connectivity index (χ4n) is 1.98. The number of benzene rings is 2. The van der Waals surface area contributed by atoms with Crippen molar-refractivity contribution in [3.63, 3.8) is 0 Å². The van der Waals surface area contributed by atoms with E-state index >= 15 is 0 Å². The van der Waals surface area contributed by atoms with Crippen molar-refractivity contribution in [1.29, 1.82) is 0 Å². The second-order valence-corrected chi connectivity index (χ2v) is 4.93. The molecule has 1 atom stereocenters. The first-order valence-corrected chi connectivity index (χ1v) is 6.96. The molecule has 0 aliphatic rings. The van der Waals surface area contributed by atoms with Crippen molar-refractivity contribution in [3.05, 3.63) is 64.0 Å². The molecule has 1 amide bonds. The van der Waals surface area contributed by atoms with Gasteiger partial charge in [-0.15, -0.1) is 0 Å². The molecule has 126 valence electrons. The maximum Gasteiger partial charge on any atom is 0.413 e. The van der Waals surface area contributed by atoms with Crippen LogP contribution in [0, 0.1) is 15.9 Å². The second kappa shape index (κ2) is 7.40. The van der Waals surface area contributed by atoms with Crippen LogP contribution in [-0.2, 0) is 0 Å². The standard InChI is InChI=1S/C16H15FN2O5/c1-10(11-7-12(17)9-15(8-11)23-2)18-16(20)24-14-5-3-13(4-6-14)19(21)22/h3-10H,1-2H3,(H,18,20). The van der Waals surface area contributed by atoms with E-state index in [4.69, 9.17) is 9.47 Å². The summed E-state index contributed by atoms with van der Waals surface area (Å²) in [6.45, 7) is 1.66. The summed E-state index contributed by atoms with van der Waals surface area (Å²) < 4.78 is 23.5. The van der Waals surface area contributed by atoms with Crippen LogP contribution in [0.2, 0.25) is 0 Å². The second-order valence-electron chi connectivity index (χ2n) is 4.93. The fourth-order valence-corrected chi connectivity index (χ4v) is 1.98. The number of ether oxygens (including phenoxy) is 2. The molecule has 0 heterocycles. The molecular weight excluding hydrogens is 319 g/mol. The summed E-state index contributed by atoms with van der Waals surface area (Å²) in [6.07, 6.45) is -0.764. The third-order valence-corrected chi connectivity index (χ3v) is 3.22. The number of nitro benzene ring substituents is 1. The Labute approximate surface area is 137 Å². The Hall–Kier alpha value is -3.16.